The smallest absolute Gasteiger partial charge is 0.239 e. The Labute approximate surface area is 186 Å². The van der Waals surface area contributed by atoms with Crippen LogP contribution in [0.1, 0.15) is 24.5 Å². The van der Waals surface area contributed by atoms with Gasteiger partial charge in [-0.1, -0.05) is 30.3 Å². The van der Waals surface area contributed by atoms with Gasteiger partial charge in [0.1, 0.15) is 23.8 Å². The summed E-state index contributed by atoms with van der Waals surface area (Å²) in [5.41, 5.74) is 2.49. The molecule has 4 atom stereocenters. The summed E-state index contributed by atoms with van der Waals surface area (Å²) in [6.45, 7) is 2.61. The second-order valence-electron chi connectivity index (χ2n) is 8.40. The molecule has 4 rings (SSSR count). The summed E-state index contributed by atoms with van der Waals surface area (Å²) in [6, 6.07) is 13.3. The second kappa shape index (κ2) is 9.67. The number of fused-ring (bicyclic) bond motifs is 1. The van der Waals surface area contributed by atoms with Crippen LogP contribution in [0.2, 0.25) is 0 Å². The van der Waals surface area contributed by atoms with Crippen molar-refractivity contribution in [2.75, 3.05) is 13.1 Å². The van der Waals surface area contributed by atoms with Gasteiger partial charge in [-0.3, -0.25) is 14.5 Å². The summed E-state index contributed by atoms with van der Waals surface area (Å²) in [7, 11) is 0. The van der Waals surface area contributed by atoms with E-state index < -0.39 is 18.0 Å². The van der Waals surface area contributed by atoms with Gasteiger partial charge < -0.3 is 20.5 Å². The van der Waals surface area contributed by atoms with E-state index in [2.05, 4.69) is 27.7 Å². The maximum absolute atomic E-state index is 13.6. The molecular weight excluding hydrogens is 413 g/mol. The molecule has 32 heavy (non-hydrogen) atoms. The highest BCUT2D eigenvalue weighted by molar-refractivity contribution is 5.83. The average molecular weight is 442 g/mol. The van der Waals surface area contributed by atoms with E-state index in [0.717, 1.165) is 13.0 Å². The first-order valence-corrected chi connectivity index (χ1v) is 10.9. The number of nitrogens with one attached hydrogen (secondary N) is 2. The molecule has 1 aliphatic heterocycles. The molecule has 1 heterocycles. The van der Waals surface area contributed by atoms with E-state index >= 15 is 0 Å². The van der Waals surface area contributed by atoms with E-state index in [-0.39, 0.29) is 30.4 Å². The molecule has 8 heteroatoms. The van der Waals surface area contributed by atoms with Crippen LogP contribution < -0.4 is 15.4 Å². The molecular formula is C24H28FN3O4. The van der Waals surface area contributed by atoms with Gasteiger partial charge in [-0.25, -0.2) is 4.39 Å². The Balaban J connectivity index is 1.52. The van der Waals surface area contributed by atoms with Gasteiger partial charge in [-0.15, -0.1) is 0 Å². The number of nitrogens with zero attached hydrogens (tertiary/aromatic N) is 1. The molecule has 3 N–H and O–H groups in total. The van der Waals surface area contributed by atoms with Crippen LogP contribution in [0.15, 0.2) is 48.5 Å². The van der Waals surface area contributed by atoms with E-state index in [1.807, 2.05) is 12.1 Å². The molecule has 2 aromatic rings. The summed E-state index contributed by atoms with van der Waals surface area (Å²) in [4.78, 5) is 25.8. The number of halogens is 1. The van der Waals surface area contributed by atoms with Crippen LogP contribution in [-0.4, -0.2) is 59.2 Å². The first kappa shape index (κ1) is 22.2. The molecule has 2 amide bonds. The van der Waals surface area contributed by atoms with Crippen molar-refractivity contribution < 1.29 is 23.8 Å². The minimum Gasteiger partial charge on any atom is -0.487 e. The lowest BCUT2D eigenvalue weighted by atomic mass is 9.97. The van der Waals surface area contributed by atoms with E-state index in [0.29, 0.717) is 18.7 Å². The number of carbonyl (C=O) groups is 2. The lowest BCUT2D eigenvalue weighted by molar-refractivity contribution is -0.125. The third kappa shape index (κ3) is 5.08. The number of hydrogen-bond acceptors (Lipinski definition) is 5. The molecule has 0 radical (unpaired) electrons. The summed E-state index contributed by atoms with van der Waals surface area (Å²) in [5, 5.41) is 16.6. The fourth-order valence-electron chi connectivity index (χ4n) is 4.67. The fraction of sp³-hybridized carbons (Fsp3) is 0.417. The number of aliphatic hydroxyl groups is 1. The molecule has 0 saturated heterocycles. The Morgan fingerprint density at radius 3 is 2.72 bits per heavy atom. The molecule has 7 nitrogen and oxygen atoms in total. The Morgan fingerprint density at radius 1 is 1.19 bits per heavy atom. The van der Waals surface area contributed by atoms with Crippen molar-refractivity contribution in [3.63, 3.8) is 0 Å². The van der Waals surface area contributed by atoms with Gasteiger partial charge in [0.15, 0.2) is 0 Å². The van der Waals surface area contributed by atoms with Crippen molar-refractivity contribution in [3.8, 4) is 5.75 Å². The van der Waals surface area contributed by atoms with Crippen LogP contribution in [0.5, 0.6) is 5.75 Å². The number of rotatable bonds is 6. The maximum Gasteiger partial charge on any atom is 0.239 e. The van der Waals surface area contributed by atoms with Gasteiger partial charge >= 0.3 is 0 Å². The number of ether oxygens (including phenoxy) is 1. The SMILES string of the molecule is CC(=O)NCC(=O)N[C@@H]1C[C@@H](Oc2cccc(F)c2)[C@H](O)[C@H]1N1CCc2ccccc2C1. The second-order valence-corrected chi connectivity index (χ2v) is 8.40. The molecule has 0 unspecified atom stereocenters. The molecule has 1 saturated carbocycles. The normalized spacial score (nSPS) is 25.1. The van der Waals surface area contributed by atoms with Gasteiger partial charge in [0.25, 0.3) is 0 Å². The number of aliphatic hydroxyl groups excluding tert-OH is 1. The van der Waals surface area contributed by atoms with Crippen LogP contribution in [-0.2, 0) is 22.6 Å². The van der Waals surface area contributed by atoms with Gasteiger partial charge in [0.2, 0.25) is 11.8 Å². The molecule has 2 aliphatic rings. The Kier molecular flexibility index (Phi) is 6.72. The van der Waals surface area contributed by atoms with Crippen LogP contribution in [0.4, 0.5) is 4.39 Å². The van der Waals surface area contributed by atoms with E-state index in [4.69, 9.17) is 4.74 Å². The van der Waals surface area contributed by atoms with Crippen molar-refractivity contribution in [3.05, 3.63) is 65.5 Å². The number of hydrogen-bond donors (Lipinski definition) is 3. The molecule has 1 fully saturated rings. The van der Waals surface area contributed by atoms with Crippen molar-refractivity contribution in [2.24, 2.45) is 0 Å². The van der Waals surface area contributed by atoms with Crippen molar-refractivity contribution in [1.82, 2.24) is 15.5 Å². The van der Waals surface area contributed by atoms with Gasteiger partial charge in [0.05, 0.1) is 18.6 Å². The van der Waals surface area contributed by atoms with Crippen molar-refractivity contribution >= 4 is 11.8 Å². The Morgan fingerprint density at radius 2 is 1.97 bits per heavy atom. The Hall–Kier alpha value is -2.97. The highest BCUT2D eigenvalue weighted by Crippen LogP contribution is 2.32. The topological polar surface area (TPSA) is 90.9 Å². The molecule has 0 spiro atoms. The van der Waals surface area contributed by atoms with Crippen molar-refractivity contribution in [1.29, 1.82) is 0 Å². The minimum absolute atomic E-state index is 0.132. The van der Waals surface area contributed by atoms with Crippen LogP contribution >= 0.6 is 0 Å². The number of benzene rings is 2. The van der Waals surface area contributed by atoms with Gasteiger partial charge in [-0.05, 0) is 29.7 Å². The predicted octanol–water partition coefficient (Wildman–Crippen LogP) is 1.39. The summed E-state index contributed by atoms with van der Waals surface area (Å²) in [6.07, 6.45) is -0.271. The largest absolute Gasteiger partial charge is 0.487 e. The van der Waals surface area contributed by atoms with Crippen LogP contribution in [0, 0.1) is 5.82 Å². The average Bonchev–Trinajstić information content (AvgIpc) is 3.06. The van der Waals surface area contributed by atoms with Crippen molar-refractivity contribution in [2.45, 2.75) is 50.6 Å². The predicted molar refractivity (Wildman–Crippen MR) is 116 cm³/mol. The quantitative estimate of drug-likeness (QED) is 0.630. The highest BCUT2D eigenvalue weighted by Gasteiger charge is 2.47. The fourth-order valence-corrected chi connectivity index (χ4v) is 4.67. The summed E-state index contributed by atoms with van der Waals surface area (Å²) >= 11 is 0. The highest BCUT2D eigenvalue weighted by atomic mass is 19.1. The molecule has 170 valence electrons. The summed E-state index contributed by atoms with van der Waals surface area (Å²) < 4.78 is 19.5. The zero-order chi connectivity index (χ0) is 22.7. The zero-order valence-corrected chi connectivity index (χ0v) is 18.0. The molecule has 0 aromatic heterocycles. The lowest BCUT2D eigenvalue weighted by Gasteiger charge is -2.38. The Bertz CT molecular complexity index is 985. The van der Waals surface area contributed by atoms with Crippen LogP contribution in [0.3, 0.4) is 0 Å². The first-order chi connectivity index (χ1) is 15.4. The van der Waals surface area contributed by atoms with E-state index in [1.54, 1.807) is 12.1 Å². The monoisotopic (exact) mass is 441 g/mol. The molecule has 0 bridgehead atoms. The zero-order valence-electron chi connectivity index (χ0n) is 18.0. The minimum atomic E-state index is -0.880. The van der Waals surface area contributed by atoms with Gasteiger partial charge in [0, 0.05) is 32.5 Å². The number of amides is 2. The van der Waals surface area contributed by atoms with E-state index in [9.17, 15) is 19.1 Å². The maximum atomic E-state index is 13.6. The third-order valence-electron chi connectivity index (χ3n) is 6.14. The van der Waals surface area contributed by atoms with Gasteiger partial charge in [-0.2, -0.15) is 0 Å². The molecule has 1 aliphatic carbocycles. The third-order valence-corrected chi connectivity index (χ3v) is 6.14. The first-order valence-electron chi connectivity index (χ1n) is 10.9. The molecule has 2 aromatic carbocycles. The number of carbonyl (C=O) groups excluding carboxylic acids is 2. The van der Waals surface area contributed by atoms with Crippen LogP contribution in [0.25, 0.3) is 0 Å². The lowest BCUT2D eigenvalue weighted by Crippen LogP contribution is -2.55. The summed E-state index contributed by atoms with van der Waals surface area (Å²) in [5.74, 6) is -0.698. The van der Waals surface area contributed by atoms with E-state index in [1.165, 1.54) is 30.2 Å². The standard InChI is InChI=1S/C24H28FN3O4/c1-15(29)26-13-22(30)27-20-12-21(32-19-8-4-7-18(25)11-19)24(31)23(20)28-10-9-16-5-2-3-6-17(16)14-28/h2-8,11,20-21,23-24,31H,9-10,12-14H2,1H3,(H,26,29)(H,27,30)/t20-,21-,23+,24+/m1/s1.